The van der Waals surface area contributed by atoms with E-state index in [1.54, 1.807) is 63.7 Å². The predicted octanol–water partition coefficient (Wildman–Crippen LogP) is 3.24. The van der Waals surface area contributed by atoms with Crippen molar-refractivity contribution in [2.45, 2.75) is 37.2 Å². The SMILES string of the molecule is C=CCC1CCN(S(=O)(=O)c2ccc(CNC(=O)c3ccc4nccn4c3)cc2)C1C. The maximum Gasteiger partial charge on any atom is 0.253 e. The number of hydrogen-bond donors (Lipinski definition) is 1. The molecule has 1 aliphatic heterocycles. The molecule has 4 rings (SSSR count). The summed E-state index contributed by atoms with van der Waals surface area (Å²) in [7, 11) is -3.54. The van der Waals surface area contributed by atoms with Gasteiger partial charge in [-0.05, 0) is 55.5 Å². The number of nitrogens with zero attached hydrogens (tertiary/aromatic N) is 3. The lowest BCUT2D eigenvalue weighted by Gasteiger charge is -2.24. The van der Waals surface area contributed by atoms with Crippen LogP contribution in [0.2, 0.25) is 0 Å². The first-order valence-corrected chi connectivity index (χ1v) is 11.8. The molecule has 3 heterocycles. The number of nitrogens with one attached hydrogen (secondary N) is 1. The van der Waals surface area contributed by atoms with Gasteiger partial charge in [0, 0.05) is 37.7 Å². The van der Waals surface area contributed by atoms with Crippen molar-refractivity contribution in [2.75, 3.05) is 6.54 Å². The highest BCUT2D eigenvalue weighted by Crippen LogP contribution is 2.32. The largest absolute Gasteiger partial charge is 0.348 e. The van der Waals surface area contributed by atoms with Crippen molar-refractivity contribution in [1.29, 1.82) is 0 Å². The molecule has 0 spiro atoms. The Labute approximate surface area is 182 Å². The van der Waals surface area contributed by atoms with E-state index in [9.17, 15) is 13.2 Å². The van der Waals surface area contributed by atoms with Crippen LogP contribution in [0.3, 0.4) is 0 Å². The third-order valence-corrected chi connectivity index (χ3v) is 7.96. The maximum atomic E-state index is 13.1. The van der Waals surface area contributed by atoms with Crippen LogP contribution in [0.4, 0.5) is 0 Å². The van der Waals surface area contributed by atoms with Gasteiger partial charge >= 0.3 is 0 Å². The lowest BCUT2D eigenvalue weighted by atomic mass is 9.98. The number of allylic oxidation sites excluding steroid dienone is 1. The third-order valence-electron chi connectivity index (χ3n) is 5.96. The Morgan fingerprint density at radius 1 is 1.26 bits per heavy atom. The quantitative estimate of drug-likeness (QED) is 0.574. The highest BCUT2D eigenvalue weighted by molar-refractivity contribution is 7.89. The molecule has 1 saturated heterocycles. The van der Waals surface area contributed by atoms with Crippen LogP contribution < -0.4 is 5.32 Å². The lowest BCUT2D eigenvalue weighted by Crippen LogP contribution is -2.35. The fourth-order valence-corrected chi connectivity index (χ4v) is 5.80. The van der Waals surface area contributed by atoms with Gasteiger partial charge in [-0.1, -0.05) is 18.2 Å². The summed E-state index contributed by atoms with van der Waals surface area (Å²) in [6, 6.07) is 10.2. The van der Waals surface area contributed by atoms with Crippen molar-refractivity contribution in [3.8, 4) is 0 Å². The predicted molar refractivity (Wildman–Crippen MR) is 119 cm³/mol. The summed E-state index contributed by atoms with van der Waals surface area (Å²) in [5.74, 6) is 0.106. The van der Waals surface area contributed by atoms with E-state index in [-0.39, 0.29) is 16.8 Å². The van der Waals surface area contributed by atoms with Crippen molar-refractivity contribution in [3.05, 3.63) is 78.8 Å². The molecule has 1 aliphatic rings. The van der Waals surface area contributed by atoms with E-state index >= 15 is 0 Å². The Morgan fingerprint density at radius 3 is 2.77 bits per heavy atom. The van der Waals surface area contributed by atoms with E-state index in [1.807, 2.05) is 13.0 Å². The zero-order chi connectivity index (χ0) is 22.0. The number of hydrogen-bond acceptors (Lipinski definition) is 4. The minimum atomic E-state index is -3.54. The van der Waals surface area contributed by atoms with Crippen molar-refractivity contribution >= 4 is 21.6 Å². The minimum Gasteiger partial charge on any atom is -0.348 e. The number of sulfonamides is 1. The first kappa shape index (κ1) is 21.3. The second-order valence-corrected chi connectivity index (χ2v) is 9.76. The van der Waals surface area contributed by atoms with Gasteiger partial charge < -0.3 is 9.72 Å². The Hall–Kier alpha value is -2.97. The highest BCUT2D eigenvalue weighted by atomic mass is 32.2. The summed E-state index contributed by atoms with van der Waals surface area (Å²) in [5.41, 5.74) is 2.13. The molecule has 31 heavy (non-hydrogen) atoms. The second kappa shape index (κ2) is 8.64. The summed E-state index contributed by atoms with van der Waals surface area (Å²) in [4.78, 5) is 16.9. The minimum absolute atomic E-state index is 0.0465. The van der Waals surface area contributed by atoms with E-state index in [0.29, 0.717) is 24.6 Å². The van der Waals surface area contributed by atoms with Crippen LogP contribution in [0, 0.1) is 5.92 Å². The molecular weight excluding hydrogens is 412 g/mol. The topological polar surface area (TPSA) is 83.8 Å². The standard InChI is InChI=1S/C23H26N4O3S/c1-3-4-19-11-13-27(17(19)2)31(29,30)21-8-5-18(6-9-21)15-25-23(28)20-7-10-22-24-12-14-26(22)16-20/h3,5-10,12,14,16-17,19H,1,4,11,13,15H2,2H3,(H,25,28). The van der Waals surface area contributed by atoms with Gasteiger partial charge in [0.25, 0.3) is 5.91 Å². The molecule has 2 aromatic heterocycles. The summed E-state index contributed by atoms with van der Waals surface area (Å²) < 4.78 is 29.5. The maximum absolute atomic E-state index is 13.1. The lowest BCUT2D eigenvalue weighted by molar-refractivity contribution is 0.0950. The number of fused-ring (bicyclic) bond motifs is 1. The second-order valence-electron chi connectivity index (χ2n) is 7.87. The van der Waals surface area contributed by atoms with Gasteiger partial charge in [-0.15, -0.1) is 6.58 Å². The fraction of sp³-hybridized carbons (Fsp3) is 0.304. The van der Waals surface area contributed by atoms with Crippen molar-refractivity contribution in [3.63, 3.8) is 0 Å². The molecule has 162 valence electrons. The van der Waals surface area contributed by atoms with Crippen molar-refractivity contribution in [2.24, 2.45) is 5.92 Å². The molecule has 7 nitrogen and oxygen atoms in total. The molecule has 3 aromatic rings. The third kappa shape index (κ3) is 4.26. The fourth-order valence-electron chi connectivity index (χ4n) is 4.09. The molecule has 0 bridgehead atoms. The Balaban J connectivity index is 1.40. The highest BCUT2D eigenvalue weighted by Gasteiger charge is 2.38. The molecule has 8 heteroatoms. The molecule has 1 N–H and O–H groups in total. The number of carbonyl (C=O) groups is 1. The van der Waals surface area contributed by atoms with Gasteiger partial charge in [0.1, 0.15) is 5.65 Å². The van der Waals surface area contributed by atoms with Crippen LogP contribution in [0.1, 0.15) is 35.7 Å². The molecule has 1 aromatic carbocycles. The number of carbonyl (C=O) groups excluding carboxylic acids is 1. The normalized spacial score (nSPS) is 19.5. The molecule has 1 fully saturated rings. The summed E-state index contributed by atoms with van der Waals surface area (Å²) in [5, 5.41) is 2.87. The van der Waals surface area contributed by atoms with E-state index in [2.05, 4.69) is 16.9 Å². The number of amides is 1. The van der Waals surface area contributed by atoms with Gasteiger partial charge in [0.15, 0.2) is 0 Å². The van der Waals surface area contributed by atoms with Gasteiger partial charge in [-0.2, -0.15) is 4.31 Å². The van der Waals surface area contributed by atoms with Crippen molar-refractivity contribution in [1.82, 2.24) is 19.0 Å². The zero-order valence-corrected chi connectivity index (χ0v) is 18.3. The van der Waals surface area contributed by atoms with E-state index < -0.39 is 10.0 Å². The Kier molecular flexibility index (Phi) is 5.93. The van der Waals surface area contributed by atoms with Crippen molar-refractivity contribution < 1.29 is 13.2 Å². The first-order valence-electron chi connectivity index (χ1n) is 10.3. The molecule has 0 saturated carbocycles. The Bertz CT molecular complexity index is 1200. The number of aromatic nitrogens is 2. The average Bonchev–Trinajstić information content (AvgIpc) is 3.39. The molecule has 0 aliphatic carbocycles. The summed E-state index contributed by atoms with van der Waals surface area (Å²) >= 11 is 0. The molecular formula is C23H26N4O3S. The summed E-state index contributed by atoms with van der Waals surface area (Å²) in [6.45, 7) is 6.57. The van der Waals surface area contributed by atoms with Crippen LogP contribution in [0.5, 0.6) is 0 Å². The Morgan fingerprint density at radius 2 is 2.03 bits per heavy atom. The van der Waals surface area contributed by atoms with Gasteiger partial charge in [0.2, 0.25) is 10.0 Å². The van der Waals surface area contributed by atoms with Crippen LogP contribution in [0.15, 0.2) is 72.5 Å². The van der Waals surface area contributed by atoms with Crippen LogP contribution in [-0.4, -0.2) is 40.6 Å². The van der Waals surface area contributed by atoms with Crippen LogP contribution >= 0.6 is 0 Å². The number of rotatable bonds is 7. The number of imidazole rings is 1. The van der Waals surface area contributed by atoms with Crippen LogP contribution in [-0.2, 0) is 16.6 Å². The average molecular weight is 439 g/mol. The van der Waals surface area contributed by atoms with E-state index in [4.69, 9.17) is 0 Å². The summed E-state index contributed by atoms with van der Waals surface area (Å²) in [6.07, 6.45) is 8.71. The van der Waals surface area contributed by atoms with Gasteiger partial charge in [-0.3, -0.25) is 4.79 Å². The molecule has 1 amide bonds. The van der Waals surface area contributed by atoms with Gasteiger partial charge in [-0.25, -0.2) is 13.4 Å². The van der Waals surface area contributed by atoms with Crippen LogP contribution in [0.25, 0.3) is 5.65 Å². The van der Waals surface area contributed by atoms with E-state index in [1.165, 1.54) is 0 Å². The molecule has 2 unspecified atom stereocenters. The first-order chi connectivity index (χ1) is 14.9. The molecule has 2 atom stereocenters. The number of pyridine rings is 1. The monoisotopic (exact) mass is 438 g/mol. The van der Waals surface area contributed by atoms with E-state index in [0.717, 1.165) is 24.1 Å². The number of benzene rings is 1. The molecule has 0 radical (unpaired) electrons. The smallest absolute Gasteiger partial charge is 0.253 e. The zero-order valence-electron chi connectivity index (χ0n) is 17.4. The van der Waals surface area contributed by atoms with Gasteiger partial charge in [0.05, 0.1) is 10.5 Å².